The van der Waals surface area contributed by atoms with E-state index >= 15 is 0 Å². The maximum atomic E-state index is 12.4. The van der Waals surface area contributed by atoms with E-state index in [0.717, 1.165) is 0 Å². The number of amides is 2. The fraction of sp³-hybridized carbons (Fsp3) is 0.182. The summed E-state index contributed by atoms with van der Waals surface area (Å²) in [4.78, 5) is 24.7. The molecule has 0 atom stereocenters. The van der Waals surface area contributed by atoms with Crippen molar-refractivity contribution in [1.29, 1.82) is 0 Å². The van der Waals surface area contributed by atoms with Crippen molar-refractivity contribution in [2.75, 3.05) is 18.2 Å². The Labute approximate surface area is 195 Å². The van der Waals surface area contributed by atoms with Crippen LogP contribution in [0.25, 0.3) is 0 Å². The normalized spacial score (nSPS) is 10.4. The molecule has 0 unspecified atom stereocenters. The maximum Gasteiger partial charge on any atom is 0.251 e. The standard InChI is InChI=1S/C22H22ClN5O3S/c1-3-12-28-19(13-24-21(30)15-8-10-16(23)11-9-15)26-27-22(28)32-14-20(29)25-17-6-4-5-7-18(17)31-2/h3-11H,1,12-14H2,2H3,(H,24,30)(H,25,29). The summed E-state index contributed by atoms with van der Waals surface area (Å²) in [5, 5.41) is 15.1. The fourth-order valence-electron chi connectivity index (χ4n) is 2.80. The third kappa shape index (κ3) is 6.12. The first-order valence-corrected chi connectivity index (χ1v) is 11.0. The number of allylic oxidation sites excluding steroid dienone is 1. The van der Waals surface area contributed by atoms with Crippen LogP contribution in [-0.2, 0) is 17.9 Å². The number of carbonyl (C=O) groups is 2. The second-order valence-corrected chi connectivity index (χ2v) is 7.90. The topological polar surface area (TPSA) is 98.1 Å². The summed E-state index contributed by atoms with van der Waals surface area (Å²) in [6, 6.07) is 13.8. The average Bonchev–Trinajstić information content (AvgIpc) is 3.18. The summed E-state index contributed by atoms with van der Waals surface area (Å²) in [5.74, 6) is 0.814. The molecular formula is C22H22ClN5O3S. The minimum atomic E-state index is -0.250. The van der Waals surface area contributed by atoms with Crippen LogP contribution < -0.4 is 15.4 Å². The first-order chi connectivity index (χ1) is 15.5. The third-order valence-corrected chi connectivity index (χ3v) is 5.55. The molecule has 2 amide bonds. The van der Waals surface area contributed by atoms with E-state index in [1.165, 1.54) is 11.8 Å². The van der Waals surface area contributed by atoms with Gasteiger partial charge in [0.05, 0.1) is 25.1 Å². The van der Waals surface area contributed by atoms with Crippen molar-refractivity contribution in [3.05, 3.63) is 77.6 Å². The Morgan fingerprint density at radius 3 is 2.66 bits per heavy atom. The molecule has 32 heavy (non-hydrogen) atoms. The molecule has 0 aliphatic heterocycles. The molecule has 0 spiro atoms. The van der Waals surface area contributed by atoms with Crippen LogP contribution >= 0.6 is 23.4 Å². The highest BCUT2D eigenvalue weighted by Crippen LogP contribution is 2.24. The van der Waals surface area contributed by atoms with Gasteiger partial charge >= 0.3 is 0 Å². The van der Waals surface area contributed by atoms with Crippen molar-refractivity contribution in [3.63, 3.8) is 0 Å². The summed E-state index contributed by atoms with van der Waals surface area (Å²) in [6.45, 7) is 4.38. The molecule has 8 nitrogen and oxygen atoms in total. The summed E-state index contributed by atoms with van der Waals surface area (Å²) < 4.78 is 7.05. The Morgan fingerprint density at radius 2 is 1.94 bits per heavy atom. The number of nitrogens with zero attached hydrogens (tertiary/aromatic N) is 3. The molecule has 0 fully saturated rings. The van der Waals surface area contributed by atoms with E-state index in [9.17, 15) is 9.59 Å². The number of anilines is 1. The van der Waals surface area contributed by atoms with Crippen molar-refractivity contribution in [2.45, 2.75) is 18.2 Å². The zero-order valence-corrected chi connectivity index (χ0v) is 18.9. The quantitative estimate of drug-likeness (QED) is 0.345. The lowest BCUT2D eigenvalue weighted by molar-refractivity contribution is -0.113. The lowest BCUT2D eigenvalue weighted by atomic mass is 10.2. The van der Waals surface area contributed by atoms with Gasteiger partial charge in [0, 0.05) is 17.1 Å². The van der Waals surface area contributed by atoms with Gasteiger partial charge in [0.25, 0.3) is 5.91 Å². The summed E-state index contributed by atoms with van der Waals surface area (Å²) in [5.41, 5.74) is 1.09. The number of hydrogen-bond donors (Lipinski definition) is 2. The second-order valence-electron chi connectivity index (χ2n) is 6.52. The largest absolute Gasteiger partial charge is 0.495 e. The highest BCUT2D eigenvalue weighted by atomic mass is 35.5. The number of methoxy groups -OCH3 is 1. The zero-order chi connectivity index (χ0) is 22.9. The van der Waals surface area contributed by atoms with Crippen molar-refractivity contribution < 1.29 is 14.3 Å². The number of halogens is 1. The minimum Gasteiger partial charge on any atom is -0.495 e. The number of ether oxygens (including phenoxy) is 1. The number of hydrogen-bond acceptors (Lipinski definition) is 6. The smallest absolute Gasteiger partial charge is 0.251 e. The van der Waals surface area contributed by atoms with Gasteiger partial charge < -0.3 is 19.9 Å². The van der Waals surface area contributed by atoms with E-state index in [1.807, 2.05) is 12.1 Å². The highest BCUT2D eigenvalue weighted by Gasteiger charge is 2.15. The number of carbonyl (C=O) groups excluding carboxylic acids is 2. The highest BCUT2D eigenvalue weighted by molar-refractivity contribution is 7.99. The number of para-hydroxylation sites is 2. The average molecular weight is 472 g/mol. The maximum absolute atomic E-state index is 12.4. The summed E-state index contributed by atoms with van der Waals surface area (Å²) in [7, 11) is 1.55. The number of rotatable bonds is 10. The van der Waals surface area contributed by atoms with Crippen LogP contribution in [-0.4, -0.2) is 39.4 Å². The van der Waals surface area contributed by atoms with E-state index < -0.39 is 0 Å². The molecule has 10 heteroatoms. The van der Waals surface area contributed by atoms with E-state index in [2.05, 4.69) is 27.4 Å². The SMILES string of the molecule is C=CCn1c(CNC(=O)c2ccc(Cl)cc2)nnc1SCC(=O)Nc1ccccc1OC. The molecule has 0 saturated carbocycles. The van der Waals surface area contributed by atoms with Crippen molar-refractivity contribution in [3.8, 4) is 5.75 Å². The van der Waals surface area contributed by atoms with Gasteiger partial charge in [-0.15, -0.1) is 16.8 Å². The van der Waals surface area contributed by atoms with Crippen LogP contribution in [0.15, 0.2) is 66.3 Å². The molecule has 0 aliphatic carbocycles. The summed E-state index contributed by atoms with van der Waals surface area (Å²) >= 11 is 7.10. The zero-order valence-electron chi connectivity index (χ0n) is 17.4. The van der Waals surface area contributed by atoms with Gasteiger partial charge in [0.1, 0.15) is 5.75 Å². The number of benzene rings is 2. The van der Waals surface area contributed by atoms with Crippen LogP contribution in [0, 0.1) is 0 Å². The molecule has 166 valence electrons. The van der Waals surface area contributed by atoms with Gasteiger partial charge in [-0.2, -0.15) is 0 Å². The van der Waals surface area contributed by atoms with Crippen LogP contribution in [0.4, 0.5) is 5.69 Å². The number of nitrogens with one attached hydrogen (secondary N) is 2. The van der Waals surface area contributed by atoms with Crippen LogP contribution in [0.1, 0.15) is 16.2 Å². The fourth-order valence-corrected chi connectivity index (χ4v) is 3.69. The molecule has 1 aromatic heterocycles. The first-order valence-electron chi connectivity index (χ1n) is 9.64. The van der Waals surface area contributed by atoms with Crippen LogP contribution in [0.5, 0.6) is 5.75 Å². The molecule has 0 saturated heterocycles. The summed E-state index contributed by atoms with van der Waals surface area (Å²) in [6.07, 6.45) is 1.70. The lowest BCUT2D eigenvalue weighted by Gasteiger charge is -2.10. The van der Waals surface area contributed by atoms with Gasteiger partial charge in [-0.1, -0.05) is 41.6 Å². The van der Waals surface area contributed by atoms with Crippen molar-refractivity contribution in [1.82, 2.24) is 20.1 Å². The van der Waals surface area contributed by atoms with Gasteiger partial charge in [-0.25, -0.2) is 0 Å². The van der Waals surface area contributed by atoms with Crippen molar-refractivity contribution >= 4 is 40.9 Å². The second kappa shape index (κ2) is 11.4. The molecule has 2 aromatic carbocycles. The molecule has 0 radical (unpaired) electrons. The van der Waals surface area contributed by atoms with E-state index in [-0.39, 0.29) is 24.1 Å². The molecule has 2 N–H and O–H groups in total. The Balaban J connectivity index is 1.61. The first kappa shape index (κ1) is 23.4. The number of thioether (sulfide) groups is 1. The molecule has 3 aromatic rings. The predicted molar refractivity (Wildman–Crippen MR) is 125 cm³/mol. The Morgan fingerprint density at radius 1 is 1.19 bits per heavy atom. The monoisotopic (exact) mass is 471 g/mol. The Bertz CT molecular complexity index is 1100. The van der Waals surface area contributed by atoms with Crippen LogP contribution in [0.3, 0.4) is 0 Å². The third-order valence-electron chi connectivity index (χ3n) is 4.33. The molecule has 0 aliphatic rings. The van der Waals surface area contributed by atoms with Gasteiger partial charge in [-0.3, -0.25) is 9.59 Å². The molecule has 1 heterocycles. The minimum absolute atomic E-state index is 0.129. The van der Waals surface area contributed by atoms with Gasteiger partial charge in [0.15, 0.2) is 11.0 Å². The van der Waals surface area contributed by atoms with Crippen LogP contribution in [0.2, 0.25) is 5.02 Å². The van der Waals surface area contributed by atoms with Crippen molar-refractivity contribution in [2.24, 2.45) is 0 Å². The van der Waals surface area contributed by atoms with E-state index in [0.29, 0.717) is 39.5 Å². The Kier molecular flexibility index (Phi) is 8.29. The molecule has 3 rings (SSSR count). The molecule has 0 bridgehead atoms. The van der Waals surface area contributed by atoms with Gasteiger partial charge in [0.2, 0.25) is 5.91 Å². The predicted octanol–water partition coefficient (Wildman–Crippen LogP) is 3.79. The Hall–Kier alpha value is -3.30. The van der Waals surface area contributed by atoms with E-state index in [4.69, 9.17) is 16.3 Å². The molecular weight excluding hydrogens is 450 g/mol. The number of aromatic nitrogens is 3. The van der Waals surface area contributed by atoms with E-state index in [1.54, 1.807) is 54.2 Å². The lowest BCUT2D eigenvalue weighted by Crippen LogP contribution is -2.24. The van der Waals surface area contributed by atoms with Gasteiger partial charge in [-0.05, 0) is 36.4 Å².